The molecule has 0 atom stereocenters. The second-order valence-electron chi connectivity index (χ2n) is 13.4. The van der Waals surface area contributed by atoms with Crippen molar-refractivity contribution < 1.29 is 19.1 Å². The molecule has 0 fully saturated rings. The van der Waals surface area contributed by atoms with E-state index in [-0.39, 0.29) is 13.5 Å². The molecule has 8 heteroatoms. The quantitative estimate of drug-likeness (QED) is 0.0584. The van der Waals surface area contributed by atoms with E-state index < -0.39 is 12.2 Å². The normalized spacial score (nSPS) is 11.3. The van der Waals surface area contributed by atoms with Crippen LogP contribution in [0.1, 0.15) is 169 Å². The number of nitrogens with one attached hydrogen (secondary N) is 2. The van der Waals surface area contributed by atoms with Crippen LogP contribution in [0.4, 0.5) is 21.0 Å². The van der Waals surface area contributed by atoms with Gasteiger partial charge in [0.05, 0.1) is 0 Å². The third kappa shape index (κ3) is 25.7. The van der Waals surface area contributed by atoms with Crippen LogP contribution in [0, 0.1) is 0 Å². The lowest BCUT2D eigenvalue weighted by Crippen LogP contribution is -2.30. The van der Waals surface area contributed by atoms with Crippen molar-refractivity contribution in [1.29, 1.82) is 0 Å². The molecule has 0 heterocycles. The Balaban J connectivity index is 2.14. The molecule has 0 saturated carbocycles. The number of carbonyl (C=O) groups is 2. The number of carbonyl (C=O) groups excluding carboxylic acids is 2. The van der Waals surface area contributed by atoms with Crippen LogP contribution in [0.3, 0.4) is 0 Å². The molecule has 48 heavy (non-hydrogen) atoms. The van der Waals surface area contributed by atoms with Crippen LogP contribution in [0.15, 0.2) is 24.3 Å². The molecule has 1 aromatic carbocycles. The van der Waals surface area contributed by atoms with Crippen molar-refractivity contribution in [3.05, 3.63) is 24.3 Å². The fourth-order valence-electron chi connectivity index (χ4n) is 5.87. The zero-order chi connectivity index (χ0) is 34.9. The molecule has 0 bridgehead atoms. The van der Waals surface area contributed by atoms with Gasteiger partial charge in [-0.1, -0.05) is 156 Å². The minimum absolute atomic E-state index is 0.277. The molecule has 2 amide bonds. The first-order valence-electron chi connectivity index (χ1n) is 19.9. The number of hydrogen-bond donors (Lipinski definition) is 2. The Morgan fingerprint density at radius 2 is 0.729 bits per heavy atom. The van der Waals surface area contributed by atoms with Gasteiger partial charge in [-0.05, 0) is 50.2 Å². The molecule has 0 spiro atoms. The summed E-state index contributed by atoms with van der Waals surface area (Å²) in [5.41, 5.74) is 1.22. The first kappa shape index (κ1) is 43.7. The molecular weight excluding hydrogens is 600 g/mol. The van der Waals surface area contributed by atoms with E-state index in [4.69, 9.17) is 9.47 Å². The summed E-state index contributed by atoms with van der Waals surface area (Å²) in [4.78, 5) is 29.1. The molecule has 1 aromatic rings. The lowest BCUT2D eigenvalue weighted by atomic mass is 10.1. The largest absolute Gasteiger partial charge is 0.433 e. The van der Waals surface area contributed by atoms with E-state index in [1.807, 2.05) is 0 Å². The fraction of sp³-hybridized carbons (Fsp3) is 0.800. The monoisotopic (exact) mass is 675 g/mol. The molecule has 0 unspecified atom stereocenters. The van der Waals surface area contributed by atoms with Crippen LogP contribution in [0.5, 0.6) is 0 Å². The minimum atomic E-state index is -0.482. The summed E-state index contributed by atoms with van der Waals surface area (Å²) in [6.45, 7) is 12.8. The third-order valence-corrected chi connectivity index (χ3v) is 9.18. The molecule has 0 aliphatic carbocycles. The summed E-state index contributed by atoms with van der Waals surface area (Å²) in [6.07, 6.45) is 28.1. The highest BCUT2D eigenvalue weighted by Crippen LogP contribution is 2.16. The van der Waals surface area contributed by atoms with Crippen LogP contribution in [0.2, 0.25) is 0 Å². The molecule has 0 saturated heterocycles. The first-order valence-corrected chi connectivity index (χ1v) is 19.9. The Morgan fingerprint density at radius 1 is 0.458 bits per heavy atom. The van der Waals surface area contributed by atoms with E-state index >= 15 is 0 Å². The van der Waals surface area contributed by atoms with Crippen LogP contribution in [-0.2, 0) is 9.47 Å². The van der Waals surface area contributed by atoms with Gasteiger partial charge in [0.25, 0.3) is 0 Å². The number of nitrogens with zero attached hydrogens (tertiary/aromatic N) is 2. The zero-order valence-corrected chi connectivity index (χ0v) is 31.6. The standard InChI is InChI=1S/C40H74N4O4/c1-5-9-11-13-15-17-19-21-23-25-27-33-43(7-3)35-47-39(45)41-37-29-31-38(32-30-37)42-40(46)48-36-44(8-4)34-28-26-24-22-20-18-16-14-12-10-6-2/h29-32H,5-28,33-36H2,1-4H3,(H,41,45)(H,42,46). The second kappa shape index (κ2) is 31.9. The highest BCUT2D eigenvalue weighted by Gasteiger charge is 2.10. The molecule has 278 valence electrons. The van der Waals surface area contributed by atoms with Gasteiger partial charge >= 0.3 is 12.2 Å². The maximum atomic E-state index is 12.4. The van der Waals surface area contributed by atoms with Gasteiger partial charge in [-0.2, -0.15) is 0 Å². The van der Waals surface area contributed by atoms with Crippen LogP contribution in [0.25, 0.3) is 0 Å². The van der Waals surface area contributed by atoms with Crippen molar-refractivity contribution in [2.45, 2.75) is 169 Å². The molecular formula is C40H74N4O4. The van der Waals surface area contributed by atoms with E-state index in [1.54, 1.807) is 24.3 Å². The van der Waals surface area contributed by atoms with E-state index in [9.17, 15) is 9.59 Å². The van der Waals surface area contributed by atoms with E-state index in [1.165, 1.54) is 128 Å². The predicted octanol–water partition coefficient (Wildman–Crippen LogP) is 12.0. The molecule has 0 aliphatic heterocycles. The van der Waals surface area contributed by atoms with Crippen molar-refractivity contribution in [2.75, 3.05) is 50.3 Å². The molecule has 0 radical (unpaired) electrons. The summed E-state index contributed by atoms with van der Waals surface area (Å²) in [6, 6.07) is 6.96. The Labute approximate surface area is 295 Å². The molecule has 1 rings (SSSR count). The topological polar surface area (TPSA) is 83.1 Å². The fourth-order valence-corrected chi connectivity index (χ4v) is 5.87. The van der Waals surface area contributed by atoms with Crippen LogP contribution >= 0.6 is 0 Å². The summed E-state index contributed by atoms with van der Waals surface area (Å²) in [7, 11) is 0. The number of hydrogen-bond acceptors (Lipinski definition) is 6. The Morgan fingerprint density at radius 3 is 1.00 bits per heavy atom. The van der Waals surface area contributed by atoms with E-state index in [2.05, 4.69) is 48.1 Å². The number of benzene rings is 1. The summed E-state index contributed by atoms with van der Waals surface area (Å²) < 4.78 is 10.9. The smallest absolute Gasteiger partial charge is 0.412 e. The van der Waals surface area contributed by atoms with Crippen molar-refractivity contribution in [3.8, 4) is 0 Å². The second-order valence-corrected chi connectivity index (χ2v) is 13.4. The average Bonchev–Trinajstić information content (AvgIpc) is 3.09. The summed E-state index contributed by atoms with van der Waals surface area (Å²) >= 11 is 0. The molecule has 2 N–H and O–H groups in total. The van der Waals surface area contributed by atoms with Crippen molar-refractivity contribution in [3.63, 3.8) is 0 Å². The Kier molecular flexibility index (Phi) is 29.1. The SMILES string of the molecule is CCCCCCCCCCCCCN(CC)COC(=O)Nc1ccc(NC(=O)OCN(CC)CCCCCCCCCCCCC)cc1. The number of amides is 2. The van der Waals surface area contributed by atoms with E-state index in [0.717, 1.165) is 39.0 Å². The van der Waals surface area contributed by atoms with E-state index in [0.29, 0.717) is 11.4 Å². The molecule has 0 aliphatic rings. The minimum Gasteiger partial charge on any atom is -0.433 e. The van der Waals surface area contributed by atoms with Gasteiger partial charge in [-0.25, -0.2) is 9.59 Å². The Hall–Kier alpha value is -2.32. The first-order chi connectivity index (χ1) is 23.5. The van der Waals surface area contributed by atoms with Crippen molar-refractivity contribution in [1.82, 2.24) is 9.80 Å². The zero-order valence-electron chi connectivity index (χ0n) is 31.6. The number of rotatable bonds is 32. The van der Waals surface area contributed by atoms with Gasteiger partial charge in [0.2, 0.25) is 0 Å². The summed E-state index contributed by atoms with van der Waals surface area (Å²) in [5.74, 6) is 0. The van der Waals surface area contributed by atoms with Gasteiger partial charge in [0.15, 0.2) is 0 Å². The van der Waals surface area contributed by atoms with Crippen molar-refractivity contribution >= 4 is 23.6 Å². The maximum Gasteiger partial charge on any atom is 0.412 e. The average molecular weight is 675 g/mol. The number of anilines is 2. The Bertz CT molecular complexity index is 811. The van der Waals surface area contributed by atoms with Gasteiger partial charge in [-0.15, -0.1) is 0 Å². The van der Waals surface area contributed by atoms with Gasteiger partial charge in [-0.3, -0.25) is 20.4 Å². The van der Waals surface area contributed by atoms with Crippen LogP contribution < -0.4 is 10.6 Å². The highest BCUT2D eigenvalue weighted by molar-refractivity contribution is 5.87. The number of unbranched alkanes of at least 4 members (excludes halogenated alkanes) is 20. The molecule has 0 aromatic heterocycles. The van der Waals surface area contributed by atoms with Gasteiger partial charge in [0, 0.05) is 24.5 Å². The maximum absolute atomic E-state index is 12.4. The lowest BCUT2D eigenvalue weighted by Gasteiger charge is -2.20. The molecule has 8 nitrogen and oxygen atoms in total. The van der Waals surface area contributed by atoms with Crippen LogP contribution in [-0.4, -0.2) is 61.6 Å². The number of ether oxygens (including phenoxy) is 2. The highest BCUT2D eigenvalue weighted by atomic mass is 16.6. The third-order valence-electron chi connectivity index (χ3n) is 9.18. The lowest BCUT2D eigenvalue weighted by molar-refractivity contribution is 0.0792. The van der Waals surface area contributed by atoms with Gasteiger partial charge in [0.1, 0.15) is 13.5 Å². The predicted molar refractivity (Wildman–Crippen MR) is 204 cm³/mol. The summed E-state index contributed by atoms with van der Waals surface area (Å²) in [5, 5.41) is 5.54. The van der Waals surface area contributed by atoms with Gasteiger partial charge < -0.3 is 9.47 Å². The van der Waals surface area contributed by atoms with Crippen molar-refractivity contribution in [2.24, 2.45) is 0 Å².